The van der Waals surface area contributed by atoms with Gasteiger partial charge in [0.25, 0.3) is 0 Å². The number of aliphatic hydroxyl groups excluding tert-OH is 1. The van der Waals surface area contributed by atoms with E-state index in [0.717, 1.165) is 25.7 Å². The highest BCUT2D eigenvalue weighted by atomic mass is 32.2. The van der Waals surface area contributed by atoms with Crippen molar-refractivity contribution in [1.82, 2.24) is 4.72 Å². The van der Waals surface area contributed by atoms with Crippen LogP contribution in [0.1, 0.15) is 51.4 Å². The fourth-order valence-corrected chi connectivity index (χ4v) is 4.11. The Bertz CT molecular complexity index is 383. The molecule has 19 heavy (non-hydrogen) atoms. The third kappa shape index (κ3) is 6.37. The van der Waals surface area contributed by atoms with Crippen molar-refractivity contribution in [2.45, 2.75) is 57.4 Å². The molecule has 1 saturated carbocycles. The van der Waals surface area contributed by atoms with Crippen LogP contribution in [0.3, 0.4) is 0 Å². The zero-order chi connectivity index (χ0) is 14.1. The van der Waals surface area contributed by atoms with Gasteiger partial charge in [0.1, 0.15) is 0 Å². The van der Waals surface area contributed by atoms with Gasteiger partial charge in [-0.1, -0.05) is 19.3 Å². The van der Waals surface area contributed by atoms with Gasteiger partial charge in [0, 0.05) is 19.1 Å². The van der Waals surface area contributed by atoms with Gasteiger partial charge in [-0.15, -0.1) is 0 Å². The molecule has 0 aromatic heterocycles. The zero-order valence-electron chi connectivity index (χ0n) is 11.3. The van der Waals surface area contributed by atoms with Crippen molar-refractivity contribution in [2.75, 3.05) is 12.4 Å². The minimum absolute atomic E-state index is 0.00187. The summed E-state index contributed by atoms with van der Waals surface area (Å²) in [5.41, 5.74) is 0. The molecule has 0 spiro atoms. The Morgan fingerprint density at radius 1 is 1.32 bits per heavy atom. The molecule has 5 nitrogen and oxygen atoms in total. The van der Waals surface area contributed by atoms with E-state index in [-0.39, 0.29) is 24.8 Å². The Kier molecular flexibility index (Phi) is 7.36. The number of nitrogens with one attached hydrogen (secondary N) is 1. The fraction of sp³-hybridized carbons (Fsp3) is 0.923. The predicted octanol–water partition coefficient (Wildman–Crippen LogP) is 1.54. The monoisotopic (exact) mass is 288 g/mol. The van der Waals surface area contributed by atoms with E-state index in [4.69, 9.17) is 10.4 Å². The van der Waals surface area contributed by atoms with Crippen LogP contribution in [-0.2, 0) is 10.0 Å². The molecule has 1 atom stereocenters. The first-order valence-corrected chi connectivity index (χ1v) is 8.72. The third-order valence-electron chi connectivity index (χ3n) is 3.69. The first-order valence-electron chi connectivity index (χ1n) is 7.07. The van der Waals surface area contributed by atoms with E-state index >= 15 is 0 Å². The maximum absolute atomic E-state index is 11.9. The molecule has 1 aliphatic rings. The quantitative estimate of drug-likeness (QED) is 0.663. The summed E-state index contributed by atoms with van der Waals surface area (Å²) >= 11 is 0. The van der Waals surface area contributed by atoms with E-state index in [1.807, 2.05) is 6.07 Å². The van der Waals surface area contributed by atoms with Gasteiger partial charge in [-0.05, 0) is 31.6 Å². The van der Waals surface area contributed by atoms with E-state index in [9.17, 15) is 8.42 Å². The van der Waals surface area contributed by atoms with Crippen molar-refractivity contribution in [3.05, 3.63) is 0 Å². The second-order valence-electron chi connectivity index (χ2n) is 5.22. The van der Waals surface area contributed by atoms with Crippen molar-refractivity contribution in [1.29, 1.82) is 5.26 Å². The van der Waals surface area contributed by atoms with Crippen LogP contribution < -0.4 is 4.72 Å². The van der Waals surface area contributed by atoms with Crippen LogP contribution in [0, 0.1) is 17.2 Å². The Morgan fingerprint density at radius 2 is 2.00 bits per heavy atom. The summed E-state index contributed by atoms with van der Waals surface area (Å²) in [5, 5.41) is 17.5. The number of hydrogen-bond acceptors (Lipinski definition) is 4. The van der Waals surface area contributed by atoms with Crippen LogP contribution in [0.15, 0.2) is 0 Å². The summed E-state index contributed by atoms with van der Waals surface area (Å²) in [5.74, 6) is 0.335. The predicted molar refractivity (Wildman–Crippen MR) is 73.8 cm³/mol. The molecule has 1 aliphatic carbocycles. The summed E-state index contributed by atoms with van der Waals surface area (Å²) in [4.78, 5) is 0. The van der Waals surface area contributed by atoms with Gasteiger partial charge in [0.15, 0.2) is 0 Å². The molecular weight excluding hydrogens is 264 g/mol. The Morgan fingerprint density at radius 3 is 2.58 bits per heavy atom. The van der Waals surface area contributed by atoms with E-state index in [2.05, 4.69) is 4.72 Å². The molecule has 0 aromatic rings. The summed E-state index contributed by atoms with van der Waals surface area (Å²) in [6, 6.07) is 1.79. The Balaban J connectivity index is 2.53. The van der Waals surface area contributed by atoms with E-state index in [0.29, 0.717) is 18.8 Å². The molecule has 1 fully saturated rings. The van der Waals surface area contributed by atoms with Gasteiger partial charge in [-0.3, -0.25) is 0 Å². The highest BCUT2D eigenvalue weighted by molar-refractivity contribution is 7.89. The summed E-state index contributed by atoms with van der Waals surface area (Å²) < 4.78 is 26.6. The third-order valence-corrected chi connectivity index (χ3v) is 5.18. The molecule has 0 radical (unpaired) electrons. The minimum Gasteiger partial charge on any atom is -0.396 e. The van der Waals surface area contributed by atoms with Gasteiger partial charge in [0.05, 0.1) is 11.8 Å². The van der Waals surface area contributed by atoms with Gasteiger partial charge >= 0.3 is 0 Å². The molecule has 2 N–H and O–H groups in total. The molecule has 0 bridgehead atoms. The maximum Gasteiger partial charge on any atom is 0.211 e. The van der Waals surface area contributed by atoms with Crippen molar-refractivity contribution in [2.24, 2.45) is 5.92 Å². The Labute approximate surface area is 116 Å². The van der Waals surface area contributed by atoms with Gasteiger partial charge in [0.2, 0.25) is 10.0 Å². The van der Waals surface area contributed by atoms with Crippen molar-refractivity contribution >= 4 is 10.0 Å². The smallest absolute Gasteiger partial charge is 0.211 e. The van der Waals surface area contributed by atoms with Gasteiger partial charge in [-0.2, -0.15) is 5.26 Å². The molecule has 1 rings (SSSR count). The lowest BCUT2D eigenvalue weighted by molar-refractivity contribution is 0.221. The van der Waals surface area contributed by atoms with Gasteiger partial charge in [-0.25, -0.2) is 13.1 Å². The summed E-state index contributed by atoms with van der Waals surface area (Å²) in [6.45, 7) is 0.00187. The molecule has 110 valence electrons. The zero-order valence-corrected chi connectivity index (χ0v) is 12.2. The molecule has 0 aromatic carbocycles. The topological polar surface area (TPSA) is 90.2 Å². The van der Waals surface area contributed by atoms with E-state index in [1.54, 1.807) is 0 Å². The lowest BCUT2D eigenvalue weighted by Crippen LogP contribution is -2.42. The van der Waals surface area contributed by atoms with Crippen LogP contribution >= 0.6 is 0 Å². The molecule has 0 saturated heterocycles. The lowest BCUT2D eigenvalue weighted by Gasteiger charge is -2.30. The van der Waals surface area contributed by atoms with Crippen molar-refractivity contribution in [3.8, 4) is 6.07 Å². The number of nitrogens with zero attached hydrogens (tertiary/aromatic N) is 1. The summed E-state index contributed by atoms with van der Waals surface area (Å²) in [6.07, 6.45) is 6.67. The number of rotatable bonds is 8. The SMILES string of the molecule is N#CCCCS(=O)(=O)NC(CCO)C1CCCCC1. The maximum atomic E-state index is 11.9. The Hall–Kier alpha value is -0.640. The molecule has 0 aliphatic heterocycles. The average Bonchev–Trinajstić information content (AvgIpc) is 2.39. The number of hydrogen-bond donors (Lipinski definition) is 2. The average molecular weight is 288 g/mol. The highest BCUT2D eigenvalue weighted by Gasteiger charge is 2.26. The molecule has 0 heterocycles. The number of sulfonamides is 1. The lowest BCUT2D eigenvalue weighted by atomic mass is 9.83. The first kappa shape index (κ1) is 16.4. The van der Waals surface area contributed by atoms with Crippen LogP contribution in [0.4, 0.5) is 0 Å². The van der Waals surface area contributed by atoms with Crippen molar-refractivity contribution < 1.29 is 13.5 Å². The van der Waals surface area contributed by atoms with Crippen LogP contribution in [0.2, 0.25) is 0 Å². The number of aliphatic hydroxyl groups is 1. The largest absolute Gasteiger partial charge is 0.396 e. The van der Waals surface area contributed by atoms with Gasteiger partial charge < -0.3 is 5.11 Å². The second-order valence-corrected chi connectivity index (χ2v) is 7.09. The molecule has 0 amide bonds. The molecule has 1 unspecified atom stereocenters. The standard InChI is InChI=1S/C13H24N2O3S/c14-9-4-5-11-19(17,18)15-13(8-10-16)12-6-2-1-3-7-12/h12-13,15-16H,1-8,10-11H2. The van der Waals surface area contributed by atoms with Crippen LogP contribution in [0.5, 0.6) is 0 Å². The van der Waals surface area contributed by atoms with E-state index < -0.39 is 10.0 Å². The number of nitriles is 1. The normalized spacial score (nSPS) is 18.9. The van der Waals surface area contributed by atoms with E-state index in [1.165, 1.54) is 6.42 Å². The number of unbranched alkanes of at least 4 members (excludes halogenated alkanes) is 1. The molecular formula is C13H24N2O3S. The first-order chi connectivity index (χ1) is 9.09. The van der Waals surface area contributed by atoms with Crippen LogP contribution in [0.25, 0.3) is 0 Å². The molecule has 6 heteroatoms. The second kappa shape index (κ2) is 8.51. The minimum atomic E-state index is -3.34. The highest BCUT2D eigenvalue weighted by Crippen LogP contribution is 2.28. The van der Waals surface area contributed by atoms with Crippen molar-refractivity contribution in [3.63, 3.8) is 0 Å². The van der Waals surface area contributed by atoms with Crippen LogP contribution in [-0.4, -0.2) is 31.9 Å². The summed E-state index contributed by atoms with van der Waals surface area (Å²) in [7, 11) is -3.34. The fourth-order valence-electron chi connectivity index (χ4n) is 2.70.